The predicted molar refractivity (Wildman–Crippen MR) is 97.1 cm³/mol. The molecule has 0 aliphatic carbocycles. The molecule has 3 rings (SSSR count). The number of halogens is 3. The SMILES string of the molecule is CCC(NC(=O)[C@H]1CNC[C@@H]1c1cnn(C)c1)c1ccc(F)cc1F.Cl. The van der Waals surface area contributed by atoms with Gasteiger partial charge in [-0.25, -0.2) is 8.78 Å². The molecular formula is C18H23ClF2N4O. The van der Waals surface area contributed by atoms with Gasteiger partial charge in [-0.3, -0.25) is 9.48 Å². The van der Waals surface area contributed by atoms with Crippen LogP contribution in [-0.4, -0.2) is 28.8 Å². The fraction of sp³-hybridized carbons (Fsp3) is 0.444. The van der Waals surface area contributed by atoms with Crippen molar-refractivity contribution in [2.24, 2.45) is 13.0 Å². The molecule has 1 unspecified atom stereocenters. The van der Waals surface area contributed by atoms with Crippen LogP contribution in [0.2, 0.25) is 0 Å². The van der Waals surface area contributed by atoms with E-state index < -0.39 is 17.7 Å². The number of amides is 1. The first kappa shape index (κ1) is 20.3. The van der Waals surface area contributed by atoms with Crippen molar-refractivity contribution < 1.29 is 13.6 Å². The second-order valence-electron chi connectivity index (χ2n) is 6.45. The second kappa shape index (κ2) is 8.60. The normalized spacial score (nSPS) is 20.5. The number of benzene rings is 1. The van der Waals surface area contributed by atoms with Crippen molar-refractivity contribution in [3.8, 4) is 0 Å². The molecule has 1 aliphatic heterocycles. The van der Waals surface area contributed by atoms with Crippen LogP contribution in [0.1, 0.15) is 36.4 Å². The van der Waals surface area contributed by atoms with Crippen molar-refractivity contribution in [1.82, 2.24) is 20.4 Å². The fourth-order valence-electron chi connectivity index (χ4n) is 3.40. The standard InChI is InChI=1S/C18H22F2N4O.ClH/c1-3-17(13-5-4-12(19)6-16(13)20)23-18(25)15-9-21-8-14(15)11-7-22-24(2)10-11;/h4-7,10,14-15,17,21H,3,8-9H2,1-2H3,(H,23,25);1H/t14-,15+,17?;/m1./s1. The van der Waals surface area contributed by atoms with E-state index in [2.05, 4.69) is 15.7 Å². The number of carbonyl (C=O) groups excluding carboxylic acids is 1. The van der Waals surface area contributed by atoms with E-state index in [0.717, 1.165) is 11.6 Å². The minimum absolute atomic E-state index is 0. The number of aromatic nitrogens is 2. The van der Waals surface area contributed by atoms with E-state index in [1.165, 1.54) is 12.1 Å². The van der Waals surface area contributed by atoms with Crippen molar-refractivity contribution in [3.63, 3.8) is 0 Å². The van der Waals surface area contributed by atoms with Gasteiger partial charge in [0.2, 0.25) is 5.91 Å². The Hall–Kier alpha value is -1.99. The summed E-state index contributed by atoms with van der Waals surface area (Å²) in [6.07, 6.45) is 4.20. The molecule has 2 heterocycles. The van der Waals surface area contributed by atoms with Crippen molar-refractivity contribution in [3.05, 3.63) is 53.4 Å². The number of hydrogen-bond donors (Lipinski definition) is 2. The highest BCUT2D eigenvalue weighted by atomic mass is 35.5. The van der Waals surface area contributed by atoms with Crippen molar-refractivity contribution in [1.29, 1.82) is 0 Å². The van der Waals surface area contributed by atoms with Gasteiger partial charge in [0.15, 0.2) is 0 Å². The van der Waals surface area contributed by atoms with E-state index >= 15 is 0 Å². The Balaban J connectivity index is 0.00000243. The summed E-state index contributed by atoms with van der Waals surface area (Å²) in [6.45, 7) is 3.12. The maximum absolute atomic E-state index is 14.0. The Bertz CT molecular complexity index is 767. The molecule has 142 valence electrons. The molecule has 0 radical (unpaired) electrons. The number of rotatable bonds is 5. The number of nitrogens with one attached hydrogen (secondary N) is 2. The van der Waals surface area contributed by atoms with E-state index in [4.69, 9.17) is 0 Å². The molecule has 1 saturated heterocycles. The van der Waals surface area contributed by atoms with Crippen LogP contribution in [-0.2, 0) is 11.8 Å². The molecule has 1 aromatic carbocycles. The Morgan fingerprint density at radius 2 is 2.19 bits per heavy atom. The zero-order valence-electron chi connectivity index (χ0n) is 14.7. The van der Waals surface area contributed by atoms with Gasteiger partial charge in [0.05, 0.1) is 18.2 Å². The van der Waals surface area contributed by atoms with Gasteiger partial charge in [-0.05, 0) is 18.1 Å². The van der Waals surface area contributed by atoms with Gasteiger partial charge in [-0.2, -0.15) is 5.10 Å². The monoisotopic (exact) mass is 384 g/mol. The molecule has 2 aromatic rings. The predicted octanol–water partition coefficient (Wildman–Crippen LogP) is 2.69. The molecule has 26 heavy (non-hydrogen) atoms. The summed E-state index contributed by atoms with van der Waals surface area (Å²) < 4.78 is 28.9. The fourth-order valence-corrected chi connectivity index (χ4v) is 3.40. The molecule has 0 saturated carbocycles. The minimum Gasteiger partial charge on any atom is -0.349 e. The molecular weight excluding hydrogens is 362 g/mol. The summed E-state index contributed by atoms with van der Waals surface area (Å²) in [5.74, 6) is -1.61. The van der Waals surface area contributed by atoms with Crippen molar-refractivity contribution >= 4 is 18.3 Å². The highest BCUT2D eigenvalue weighted by Gasteiger charge is 2.35. The van der Waals surface area contributed by atoms with Gasteiger partial charge in [-0.1, -0.05) is 13.0 Å². The highest BCUT2D eigenvalue weighted by molar-refractivity contribution is 5.85. The quantitative estimate of drug-likeness (QED) is 0.833. The Morgan fingerprint density at radius 3 is 2.81 bits per heavy atom. The highest BCUT2D eigenvalue weighted by Crippen LogP contribution is 2.29. The molecule has 1 aliphatic rings. The van der Waals surface area contributed by atoms with Crippen LogP contribution in [0.5, 0.6) is 0 Å². The van der Waals surface area contributed by atoms with Gasteiger partial charge in [-0.15, -0.1) is 12.4 Å². The van der Waals surface area contributed by atoms with Gasteiger partial charge in [0.25, 0.3) is 0 Å². The molecule has 1 amide bonds. The smallest absolute Gasteiger partial charge is 0.225 e. The lowest BCUT2D eigenvalue weighted by Crippen LogP contribution is -2.37. The molecule has 0 spiro atoms. The molecule has 8 heteroatoms. The topological polar surface area (TPSA) is 59.0 Å². The lowest BCUT2D eigenvalue weighted by Gasteiger charge is -2.23. The molecule has 1 fully saturated rings. The van der Waals surface area contributed by atoms with Crippen LogP contribution in [0.15, 0.2) is 30.6 Å². The third-order valence-electron chi connectivity index (χ3n) is 4.77. The average Bonchev–Trinajstić information content (AvgIpc) is 3.21. The van der Waals surface area contributed by atoms with Gasteiger partial charge in [0.1, 0.15) is 11.6 Å². The van der Waals surface area contributed by atoms with E-state index in [-0.39, 0.29) is 30.2 Å². The van der Waals surface area contributed by atoms with Crippen LogP contribution in [0.4, 0.5) is 8.78 Å². The van der Waals surface area contributed by atoms with E-state index in [9.17, 15) is 13.6 Å². The lowest BCUT2D eigenvalue weighted by atomic mass is 9.89. The zero-order valence-corrected chi connectivity index (χ0v) is 15.5. The minimum atomic E-state index is -0.638. The summed E-state index contributed by atoms with van der Waals surface area (Å²) in [4.78, 5) is 12.8. The van der Waals surface area contributed by atoms with E-state index in [1.807, 2.05) is 20.2 Å². The number of aryl methyl sites for hydroxylation is 1. The Labute approximate surface area is 157 Å². The van der Waals surface area contributed by atoms with Crippen LogP contribution in [0, 0.1) is 17.6 Å². The molecule has 2 N–H and O–H groups in total. The van der Waals surface area contributed by atoms with Crippen LogP contribution in [0.25, 0.3) is 0 Å². The molecule has 3 atom stereocenters. The maximum atomic E-state index is 14.0. The first-order chi connectivity index (χ1) is 12.0. The number of carbonyl (C=O) groups is 1. The first-order valence-electron chi connectivity index (χ1n) is 8.44. The average molecular weight is 385 g/mol. The zero-order chi connectivity index (χ0) is 18.0. The molecule has 5 nitrogen and oxygen atoms in total. The van der Waals surface area contributed by atoms with Crippen LogP contribution < -0.4 is 10.6 Å². The Kier molecular flexibility index (Phi) is 6.72. The van der Waals surface area contributed by atoms with Gasteiger partial charge >= 0.3 is 0 Å². The van der Waals surface area contributed by atoms with E-state index in [0.29, 0.717) is 25.1 Å². The van der Waals surface area contributed by atoms with Gasteiger partial charge in [0, 0.05) is 43.9 Å². The van der Waals surface area contributed by atoms with Crippen molar-refractivity contribution in [2.75, 3.05) is 13.1 Å². The summed E-state index contributed by atoms with van der Waals surface area (Å²) in [5.41, 5.74) is 1.31. The summed E-state index contributed by atoms with van der Waals surface area (Å²) in [7, 11) is 1.84. The summed E-state index contributed by atoms with van der Waals surface area (Å²) in [6, 6.07) is 2.97. The molecule has 1 aromatic heterocycles. The second-order valence-corrected chi connectivity index (χ2v) is 6.45. The van der Waals surface area contributed by atoms with E-state index in [1.54, 1.807) is 10.9 Å². The Morgan fingerprint density at radius 1 is 1.42 bits per heavy atom. The van der Waals surface area contributed by atoms with Crippen LogP contribution in [0.3, 0.4) is 0 Å². The largest absolute Gasteiger partial charge is 0.349 e. The van der Waals surface area contributed by atoms with Crippen LogP contribution >= 0.6 is 12.4 Å². The van der Waals surface area contributed by atoms with Crippen molar-refractivity contribution in [2.45, 2.75) is 25.3 Å². The summed E-state index contributed by atoms with van der Waals surface area (Å²) in [5, 5.41) is 10.3. The number of hydrogen-bond acceptors (Lipinski definition) is 3. The van der Waals surface area contributed by atoms with Gasteiger partial charge < -0.3 is 10.6 Å². The lowest BCUT2D eigenvalue weighted by molar-refractivity contribution is -0.125. The maximum Gasteiger partial charge on any atom is 0.225 e. The summed E-state index contributed by atoms with van der Waals surface area (Å²) >= 11 is 0. The molecule has 0 bridgehead atoms. The first-order valence-corrected chi connectivity index (χ1v) is 8.44. The number of nitrogens with zero attached hydrogens (tertiary/aromatic N) is 2. The third kappa shape index (κ3) is 4.22. The third-order valence-corrected chi connectivity index (χ3v) is 4.77.